The average molecular weight is 1170 g/mol. The second kappa shape index (κ2) is 26.8. The number of nitrogens with zero attached hydrogens (tertiary/aromatic N) is 5. The summed E-state index contributed by atoms with van der Waals surface area (Å²) in [7, 11) is 1.99. The van der Waals surface area contributed by atoms with Gasteiger partial charge < -0.3 is 40.4 Å². The zero-order valence-corrected chi connectivity index (χ0v) is 48.4. The van der Waals surface area contributed by atoms with Crippen LogP contribution in [-0.4, -0.2) is 117 Å². The van der Waals surface area contributed by atoms with Gasteiger partial charge >= 0.3 is 6.18 Å². The van der Waals surface area contributed by atoms with Gasteiger partial charge in [-0.1, -0.05) is 68.6 Å². The Balaban J connectivity index is 0.864. The number of carbonyl (C=O) groups is 5. The smallest absolute Gasteiger partial charge is 0.391 e. The molecule has 0 radical (unpaired) electrons. The highest BCUT2D eigenvalue weighted by Gasteiger charge is 2.44. The fraction of sp³-hybridized carbons (Fsp3) is 0.443. The number of aryl methyl sites for hydroxylation is 2. The number of aromatic amines is 1. The van der Waals surface area contributed by atoms with E-state index in [1.807, 2.05) is 70.8 Å². The van der Waals surface area contributed by atoms with Crippen molar-refractivity contribution in [1.29, 1.82) is 0 Å². The van der Waals surface area contributed by atoms with Crippen LogP contribution in [0.5, 0.6) is 0 Å². The highest BCUT2D eigenvalue weighted by atomic mass is 32.1. The quantitative estimate of drug-likeness (QED) is 0.0317. The van der Waals surface area contributed by atoms with Gasteiger partial charge in [-0.3, -0.25) is 33.7 Å². The van der Waals surface area contributed by atoms with Crippen molar-refractivity contribution < 1.29 is 51.2 Å². The summed E-state index contributed by atoms with van der Waals surface area (Å²) in [5.41, 5.74) is 2.69. The van der Waals surface area contributed by atoms with Gasteiger partial charge in [0.25, 0.3) is 11.8 Å². The van der Waals surface area contributed by atoms with E-state index in [-0.39, 0.29) is 77.9 Å². The van der Waals surface area contributed by atoms with Crippen molar-refractivity contribution in [2.24, 2.45) is 5.92 Å². The predicted molar refractivity (Wildman–Crippen MR) is 309 cm³/mol. The van der Waals surface area contributed by atoms with Crippen molar-refractivity contribution in [3.8, 4) is 21.6 Å². The second-order valence-electron chi connectivity index (χ2n) is 22.2. The Labute approximate surface area is 483 Å². The molecule has 6 aromatic rings. The Bertz CT molecular complexity index is 3350. The lowest BCUT2D eigenvalue weighted by molar-refractivity contribution is -0.141. The Morgan fingerprint density at radius 2 is 1.58 bits per heavy atom. The third-order valence-corrected chi connectivity index (χ3v) is 16.7. The highest BCUT2D eigenvalue weighted by molar-refractivity contribution is 7.13. The number of thiazole rings is 1. The fourth-order valence-electron chi connectivity index (χ4n) is 11.0. The van der Waals surface area contributed by atoms with Crippen molar-refractivity contribution >= 4 is 52.1 Å². The van der Waals surface area contributed by atoms with Crippen LogP contribution >= 0.6 is 11.3 Å². The number of carbonyl (C=O) groups excluding carboxylic acids is 5. The van der Waals surface area contributed by atoms with Crippen LogP contribution in [0, 0.1) is 25.6 Å². The number of ketones is 1. The van der Waals surface area contributed by atoms with E-state index in [0.29, 0.717) is 67.4 Å². The average Bonchev–Trinajstić information content (AvgIpc) is 4.29. The summed E-state index contributed by atoms with van der Waals surface area (Å²) in [6.07, 6.45) is -1.51. The number of hydrogen-bond acceptors (Lipinski definition) is 13. The minimum absolute atomic E-state index is 0.000335. The fourth-order valence-corrected chi connectivity index (χ4v) is 11.8. The SMILES string of the molecule is Cc1cc([C@H](C(=O)N2C[C@H](O)C[C@H]2C(=O)N[C@@H](CC(=O)CCCCCCCNC(=O)c2ccc(F)c(-c3ccc(N4C[C@@H](C)N(C)[C@@H](C)C4)c(NC(=O)c4c[nH]c(=O)cc4C(F)(F)F)c3)c2)c2ccc(-c3scnc3C)cc2)C(C)C)on1. The first kappa shape index (κ1) is 61.5. The number of H-pyrrole nitrogens is 1. The van der Waals surface area contributed by atoms with Gasteiger partial charge in [-0.2, -0.15) is 13.2 Å². The molecule has 442 valence electrons. The van der Waals surface area contributed by atoms with E-state index < -0.39 is 70.5 Å². The number of benzene rings is 3. The third-order valence-electron chi connectivity index (χ3n) is 15.7. The number of halogens is 4. The van der Waals surface area contributed by atoms with Gasteiger partial charge in [0.05, 0.1) is 56.4 Å². The van der Waals surface area contributed by atoms with E-state index in [1.165, 1.54) is 34.4 Å². The maximum atomic E-state index is 15.7. The molecule has 4 amide bonds. The van der Waals surface area contributed by atoms with Gasteiger partial charge in [0.1, 0.15) is 29.3 Å². The first-order valence-electron chi connectivity index (χ1n) is 28.0. The molecule has 0 spiro atoms. The highest BCUT2D eigenvalue weighted by Crippen LogP contribution is 2.38. The predicted octanol–water partition coefficient (Wildman–Crippen LogP) is 10.00. The molecule has 2 aliphatic rings. The molecule has 2 saturated heterocycles. The molecule has 6 atom stereocenters. The Morgan fingerprint density at radius 3 is 2.24 bits per heavy atom. The Hall–Kier alpha value is -7.56. The van der Waals surface area contributed by atoms with Crippen molar-refractivity contribution in [3.63, 3.8) is 0 Å². The number of aliphatic hydroxyl groups is 1. The number of aromatic nitrogens is 3. The standard InChI is InChI=1S/C61H71F4N9O8S/c1-34(2)55(53-23-35(3)71-82-53)60(81)74-32-44(76)27-52(74)59(80)69-49(39-14-16-40(17-15-39)56-38(6)68-33-83-56)26-43(75)13-11-9-8-10-12-22-66-57(78)42-18-20-48(62)45(24-42)41-19-21-51(73-30-36(4)72(7)37(5)31-73)50(25-41)70-58(79)46-29-67-54(77)28-47(46)61(63,64)65/h14-21,23-25,28-29,33-34,36-37,44,49,52,55,76H,8-13,22,26-27,30-32H2,1-7H3,(H,66,78)(H,67,77)(H,69,80)(H,70,79)/t36-,37+,44-,49+,52+,55-/m1/s1. The number of amides is 4. The van der Waals surface area contributed by atoms with E-state index >= 15 is 4.39 Å². The van der Waals surface area contributed by atoms with Crippen LogP contribution in [0.2, 0.25) is 0 Å². The number of alkyl halides is 3. The number of β-amino-alcohol motifs (C(OH)–C–C–N with tert-alkyl or cyclic N) is 1. The van der Waals surface area contributed by atoms with E-state index in [4.69, 9.17) is 4.52 Å². The van der Waals surface area contributed by atoms with Crippen LogP contribution in [0.25, 0.3) is 21.6 Å². The molecule has 8 rings (SSSR count). The molecule has 83 heavy (non-hydrogen) atoms. The maximum absolute atomic E-state index is 15.7. The Morgan fingerprint density at radius 1 is 0.880 bits per heavy atom. The summed E-state index contributed by atoms with van der Waals surface area (Å²) in [6.45, 7) is 12.8. The Kier molecular flexibility index (Phi) is 19.8. The number of likely N-dealkylation sites (tertiary alicyclic amines) is 1. The zero-order chi connectivity index (χ0) is 59.9. The molecule has 17 nitrogen and oxygen atoms in total. The molecule has 0 unspecified atom stereocenters. The molecule has 3 aromatic carbocycles. The van der Waals surface area contributed by atoms with Crippen molar-refractivity contribution in [3.05, 3.63) is 140 Å². The van der Waals surface area contributed by atoms with Crippen molar-refractivity contribution in [2.75, 3.05) is 43.4 Å². The summed E-state index contributed by atoms with van der Waals surface area (Å²) in [5.74, 6) is -3.72. The van der Waals surface area contributed by atoms with E-state index in [0.717, 1.165) is 41.5 Å². The van der Waals surface area contributed by atoms with Gasteiger partial charge in [0, 0.05) is 87.0 Å². The number of Topliss-reactive ketones (excluding diaryl/α,β-unsaturated/α-hetero) is 1. The van der Waals surface area contributed by atoms with Gasteiger partial charge in [-0.05, 0) is 101 Å². The number of hydrogen-bond donors (Lipinski definition) is 5. The van der Waals surface area contributed by atoms with Gasteiger partial charge in [-0.25, -0.2) is 9.37 Å². The summed E-state index contributed by atoms with van der Waals surface area (Å²) < 4.78 is 63.3. The number of anilines is 2. The molecule has 22 heteroatoms. The molecular formula is C61H71F4N9O8S. The van der Waals surface area contributed by atoms with Crippen LogP contribution in [0.1, 0.15) is 140 Å². The van der Waals surface area contributed by atoms with Crippen molar-refractivity contribution in [2.45, 2.75) is 135 Å². The molecular weight excluding hydrogens is 1090 g/mol. The number of unbranched alkanes of at least 4 members (excludes halogenated alkanes) is 4. The molecule has 2 fully saturated rings. The normalized spacial score (nSPS) is 18.3. The molecule has 5 N–H and O–H groups in total. The van der Waals surface area contributed by atoms with Crippen LogP contribution in [0.4, 0.5) is 28.9 Å². The topological polar surface area (TPSA) is 223 Å². The van der Waals surface area contributed by atoms with E-state index in [1.54, 1.807) is 30.6 Å². The summed E-state index contributed by atoms with van der Waals surface area (Å²) in [6, 6.07) is 16.7. The third kappa shape index (κ3) is 15.0. The van der Waals surface area contributed by atoms with Crippen LogP contribution in [0.15, 0.2) is 93.8 Å². The first-order valence-corrected chi connectivity index (χ1v) is 28.9. The number of rotatable bonds is 22. The zero-order valence-electron chi connectivity index (χ0n) is 47.6. The molecule has 3 aromatic heterocycles. The summed E-state index contributed by atoms with van der Waals surface area (Å²) in [5, 5.41) is 23.3. The van der Waals surface area contributed by atoms with E-state index in [2.05, 4.69) is 36.0 Å². The lowest BCUT2D eigenvalue weighted by Crippen LogP contribution is -2.55. The number of likely N-dealkylation sites (N-methyl/N-ethyl adjacent to an activating group) is 1. The molecule has 0 bridgehead atoms. The number of nitrogens with one attached hydrogen (secondary N) is 4. The lowest BCUT2D eigenvalue weighted by atomic mass is 9.91. The van der Waals surface area contributed by atoms with E-state index in [9.17, 15) is 47.0 Å². The largest absolute Gasteiger partial charge is 0.417 e. The number of aliphatic hydroxyl groups excluding tert-OH is 1. The first-order chi connectivity index (χ1) is 39.5. The molecule has 0 aliphatic carbocycles. The maximum Gasteiger partial charge on any atom is 0.417 e. The van der Waals surface area contributed by atoms with Crippen LogP contribution in [-0.2, 0) is 20.6 Å². The van der Waals surface area contributed by atoms with Crippen LogP contribution in [0.3, 0.4) is 0 Å². The minimum atomic E-state index is -5.01. The molecule has 2 aliphatic heterocycles. The number of piperazine rings is 1. The molecule has 5 heterocycles. The second-order valence-corrected chi connectivity index (χ2v) is 23.1. The van der Waals surface area contributed by atoms with Crippen molar-refractivity contribution in [1.82, 2.24) is 35.6 Å². The van der Waals surface area contributed by atoms with Gasteiger partial charge in [-0.15, -0.1) is 11.3 Å². The van der Waals surface area contributed by atoms with Gasteiger partial charge in [0.15, 0.2) is 0 Å². The monoisotopic (exact) mass is 1170 g/mol. The number of pyridine rings is 1. The summed E-state index contributed by atoms with van der Waals surface area (Å²) >= 11 is 1.51. The summed E-state index contributed by atoms with van der Waals surface area (Å²) in [4.78, 5) is 94.2. The molecule has 0 saturated carbocycles. The minimum Gasteiger partial charge on any atom is -0.391 e. The lowest BCUT2D eigenvalue weighted by Gasteiger charge is -2.44. The van der Waals surface area contributed by atoms with Crippen LogP contribution < -0.4 is 26.4 Å². The van der Waals surface area contributed by atoms with Gasteiger partial charge in [0.2, 0.25) is 17.4 Å².